The van der Waals surface area contributed by atoms with E-state index >= 15 is 0 Å². The van der Waals surface area contributed by atoms with Crippen LogP contribution in [-0.2, 0) is 11.3 Å². The molecule has 0 aliphatic carbocycles. The van der Waals surface area contributed by atoms with E-state index in [1.165, 1.54) is 30.4 Å². The Hall–Kier alpha value is -0.570. The van der Waals surface area contributed by atoms with Crippen molar-refractivity contribution in [2.75, 3.05) is 13.7 Å². The van der Waals surface area contributed by atoms with Gasteiger partial charge in [-0.3, -0.25) is 0 Å². The minimum Gasteiger partial charge on any atom is -0.380 e. The minimum atomic E-state index is 0.396. The highest BCUT2D eigenvalue weighted by molar-refractivity contribution is 6.31. The molecule has 0 spiro atoms. The summed E-state index contributed by atoms with van der Waals surface area (Å²) in [4.78, 5) is 0. The number of ether oxygens (including phenoxy) is 1. The Bertz CT molecular complexity index is 348. The Morgan fingerprint density at radius 2 is 2.31 bits per heavy atom. The molecule has 2 nitrogen and oxygen atoms in total. The summed E-state index contributed by atoms with van der Waals surface area (Å²) in [7, 11) is 1.72. The number of halogens is 1. The van der Waals surface area contributed by atoms with Gasteiger partial charge in [0.1, 0.15) is 0 Å². The lowest BCUT2D eigenvalue weighted by Gasteiger charge is -2.26. The van der Waals surface area contributed by atoms with Crippen LogP contribution >= 0.6 is 11.6 Å². The van der Waals surface area contributed by atoms with E-state index in [4.69, 9.17) is 16.3 Å². The second-order valence-electron chi connectivity index (χ2n) is 4.25. The van der Waals surface area contributed by atoms with Crippen molar-refractivity contribution in [3.05, 3.63) is 34.3 Å². The first-order chi connectivity index (χ1) is 7.83. The SMILES string of the molecule is COCc1cccc(Cl)c1C1CCCCN1. The number of rotatable bonds is 3. The Morgan fingerprint density at radius 1 is 1.44 bits per heavy atom. The number of benzene rings is 1. The molecule has 3 heteroatoms. The average Bonchev–Trinajstić information content (AvgIpc) is 2.31. The van der Waals surface area contributed by atoms with Crippen LogP contribution in [-0.4, -0.2) is 13.7 Å². The van der Waals surface area contributed by atoms with Gasteiger partial charge in [0.15, 0.2) is 0 Å². The summed E-state index contributed by atoms with van der Waals surface area (Å²) in [5, 5.41) is 4.39. The van der Waals surface area contributed by atoms with E-state index < -0.39 is 0 Å². The van der Waals surface area contributed by atoms with Gasteiger partial charge in [-0.1, -0.05) is 30.2 Å². The molecule has 1 N–H and O–H groups in total. The van der Waals surface area contributed by atoms with Crippen molar-refractivity contribution in [3.8, 4) is 0 Å². The van der Waals surface area contributed by atoms with E-state index in [1.54, 1.807) is 7.11 Å². The molecule has 1 fully saturated rings. The van der Waals surface area contributed by atoms with E-state index in [1.807, 2.05) is 12.1 Å². The third kappa shape index (κ3) is 2.57. The lowest BCUT2D eigenvalue weighted by molar-refractivity contribution is 0.183. The highest BCUT2D eigenvalue weighted by Crippen LogP contribution is 2.32. The molecule has 2 rings (SSSR count). The molecule has 1 saturated heterocycles. The molecular weight excluding hydrogens is 222 g/mol. The molecule has 0 radical (unpaired) electrons. The van der Waals surface area contributed by atoms with Gasteiger partial charge >= 0.3 is 0 Å². The molecule has 1 aliphatic rings. The van der Waals surface area contributed by atoms with Crippen LogP contribution in [0.1, 0.15) is 36.4 Å². The van der Waals surface area contributed by atoms with Gasteiger partial charge in [0.05, 0.1) is 6.61 Å². The van der Waals surface area contributed by atoms with Crippen molar-refractivity contribution in [3.63, 3.8) is 0 Å². The molecular formula is C13H18ClNO. The number of hydrogen-bond donors (Lipinski definition) is 1. The zero-order chi connectivity index (χ0) is 11.4. The first kappa shape index (κ1) is 11.9. The molecule has 0 bridgehead atoms. The standard InChI is InChI=1S/C13H18ClNO/c1-16-9-10-5-4-6-11(14)13(10)12-7-2-3-8-15-12/h4-6,12,15H,2-3,7-9H2,1H3. The van der Waals surface area contributed by atoms with Crippen LogP contribution < -0.4 is 5.32 Å². The van der Waals surface area contributed by atoms with Crippen LogP contribution in [0, 0.1) is 0 Å². The first-order valence-corrected chi connectivity index (χ1v) is 6.20. The van der Waals surface area contributed by atoms with E-state index in [0.29, 0.717) is 12.6 Å². The largest absolute Gasteiger partial charge is 0.380 e. The topological polar surface area (TPSA) is 21.3 Å². The Labute approximate surface area is 102 Å². The van der Waals surface area contributed by atoms with Gasteiger partial charge in [-0.15, -0.1) is 0 Å². The maximum atomic E-state index is 6.30. The van der Waals surface area contributed by atoms with E-state index in [-0.39, 0.29) is 0 Å². The molecule has 16 heavy (non-hydrogen) atoms. The van der Waals surface area contributed by atoms with Crippen LogP contribution in [0.25, 0.3) is 0 Å². The molecule has 0 amide bonds. The molecule has 0 saturated carbocycles. The van der Waals surface area contributed by atoms with Crippen LogP contribution in [0.4, 0.5) is 0 Å². The maximum Gasteiger partial charge on any atom is 0.0716 e. The van der Waals surface area contributed by atoms with Crippen molar-refractivity contribution >= 4 is 11.6 Å². The Morgan fingerprint density at radius 3 is 3.00 bits per heavy atom. The highest BCUT2D eigenvalue weighted by Gasteiger charge is 2.20. The third-order valence-corrected chi connectivity index (χ3v) is 3.43. The van der Waals surface area contributed by atoms with Crippen LogP contribution in [0.15, 0.2) is 18.2 Å². The lowest BCUT2D eigenvalue weighted by Crippen LogP contribution is -2.28. The molecule has 1 aromatic rings. The van der Waals surface area contributed by atoms with Crippen molar-refractivity contribution < 1.29 is 4.74 Å². The fourth-order valence-electron chi connectivity index (χ4n) is 2.35. The second kappa shape index (κ2) is 5.67. The number of piperidine rings is 1. The van der Waals surface area contributed by atoms with E-state index in [9.17, 15) is 0 Å². The van der Waals surface area contributed by atoms with Crippen LogP contribution in [0.5, 0.6) is 0 Å². The predicted molar refractivity (Wildman–Crippen MR) is 66.8 cm³/mol. The molecule has 1 heterocycles. The summed E-state index contributed by atoms with van der Waals surface area (Å²) in [6.45, 7) is 1.72. The van der Waals surface area contributed by atoms with E-state index in [2.05, 4.69) is 11.4 Å². The summed E-state index contributed by atoms with van der Waals surface area (Å²) < 4.78 is 5.23. The highest BCUT2D eigenvalue weighted by atomic mass is 35.5. The zero-order valence-electron chi connectivity index (χ0n) is 9.63. The van der Waals surface area contributed by atoms with Crippen LogP contribution in [0.2, 0.25) is 5.02 Å². The summed E-state index contributed by atoms with van der Waals surface area (Å²) >= 11 is 6.30. The number of nitrogens with one attached hydrogen (secondary N) is 1. The summed E-state index contributed by atoms with van der Waals surface area (Å²) in [6, 6.07) is 6.45. The maximum absolute atomic E-state index is 6.30. The predicted octanol–water partition coefficient (Wildman–Crippen LogP) is 3.30. The quantitative estimate of drug-likeness (QED) is 0.874. The normalized spacial score (nSPS) is 21.0. The zero-order valence-corrected chi connectivity index (χ0v) is 10.4. The molecule has 88 valence electrons. The van der Waals surface area contributed by atoms with E-state index in [0.717, 1.165) is 11.6 Å². The van der Waals surface area contributed by atoms with Crippen molar-refractivity contribution in [1.82, 2.24) is 5.32 Å². The summed E-state index contributed by atoms with van der Waals surface area (Å²) in [5.41, 5.74) is 2.43. The summed E-state index contributed by atoms with van der Waals surface area (Å²) in [6.07, 6.45) is 3.70. The molecule has 1 aromatic carbocycles. The second-order valence-corrected chi connectivity index (χ2v) is 4.66. The van der Waals surface area contributed by atoms with Gasteiger partial charge in [0.25, 0.3) is 0 Å². The smallest absolute Gasteiger partial charge is 0.0716 e. The first-order valence-electron chi connectivity index (χ1n) is 5.82. The number of hydrogen-bond acceptors (Lipinski definition) is 2. The fourth-order valence-corrected chi connectivity index (χ4v) is 2.68. The van der Waals surface area contributed by atoms with Gasteiger partial charge in [-0.2, -0.15) is 0 Å². The third-order valence-electron chi connectivity index (χ3n) is 3.10. The molecule has 1 aliphatic heterocycles. The Balaban J connectivity index is 2.28. The van der Waals surface area contributed by atoms with Crippen molar-refractivity contribution in [2.24, 2.45) is 0 Å². The van der Waals surface area contributed by atoms with Gasteiger partial charge < -0.3 is 10.1 Å². The van der Waals surface area contributed by atoms with Gasteiger partial charge in [-0.25, -0.2) is 0 Å². The van der Waals surface area contributed by atoms with Crippen LogP contribution in [0.3, 0.4) is 0 Å². The average molecular weight is 240 g/mol. The van der Waals surface area contributed by atoms with Crippen molar-refractivity contribution in [2.45, 2.75) is 31.9 Å². The number of methoxy groups -OCH3 is 1. The Kier molecular flexibility index (Phi) is 4.22. The minimum absolute atomic E-state index is 0.396. The van der Waals surface area contributed by atoms with Gasteiger partial charge in [0.2, 0.25) is 0 Å². The molecule has 1 unspecified atom stereocenters. The fraction of sp³-hybridized carbons (Fsp3) is 0.538. The molecule has 0 aromatic heterocycles. The van der Waals surface area contributed by atoms with Crippen molar-refractivity contribution in [1.29, 1.82) is 0 Å². The summed E-state index contributed by atoms with van der Waals surface area (Å²) in [5.74, 6) is 0. The van der Waals surface area contributed by atoms with Gasteiger partial charge in [-0.05, 0) is 36.6 Å². The lowest BCUT2D eigenvalue weighted by atomic mass is 9.94. The monoisotopic (exact) mass is 239 g/mol. The van der Waals surface area contributed by atoms with Gasteiger partial charge in [0, 0.05) is 18.2 Å². The molecule has 1 atom stereocenters.